The summed E-state index contributed by atoms with van der Waals surface area (Å²) in [5.41, 5.74) is 6.20. The SMILES string of the molecule is CCS(=O)(=O)C1CSCCN1c1ccc(Cl)c(CN)n1. The molecule has 1 unspecified atom stereocenters. The van der Waals surface area contributed by atoms with E-state index in [1.807, 2.05) is 4.90 Å². The van der Waals surface area contributed by atoms with Crippen LogP contribution in [0.5, 0.6) is 0 Å². The van der Waals surface area contributed by atoms with Crippen LogP contribution in [-0.4, -0.2) is 42.6 Å². The van der Waals surface area contributed by atoms with Crippen molar-refractivity contribution in [2.24, 2.45) is 5.73 Å². The van der Waals surface area contributed by atoms with Gasteiger partial charge in [0.05, 0.1) is 10.7 Å². The first-order valence-corrected chi connectivity index (χ1v) is 9.66. The summed E-state index contributed by atoms with van der Waals surface area (Å²) in [6, 6.07) is 3.49. The molecule has 1 aliphatic rings. The molecule has 2 N–H and O–H groups in total. The highest BCUT2D eigenvalue weighted by Crippen LogP contribution is 2.27. The van der Waals surface area contributed by atoms with E-state index in [4.69, 9.17) is 17.3 Å². The van der Waals surface area contributed by atoms with Crippen LogP contribution in [0.15, 0.2) is 12.1 Å². The Balaban J connectivity index is 2.38. The molecule has 8 heteroatoms. The fourth-order valence-electron chi connectivity index (χ4n) is 2.11. The second kappa shape index (κ2) is 6.51. The van der Waals surface area contributed by atoms with Crippen LogP contribution in [0.1, 0.15) is 12.6 Å². The molecule has 1 saturated heterocycles. The van der Waals surface area contributed by atoms with Gasteiger partial charge in [-0.3, -0.25) is 0 Å². The standard InChI is InChI=1S/C12H18ClN3O2S2/c1-2-20(17,18)12-8-19-6-5-16(12)11-4-3-9(13)10(7-14)15-11/h3-4,12H,2,5-8,14H2,1H3. The fraction of sp³-hybridized carbons (Fsp3) is 0.583. The lowest BCUT2D eigenvalue weighted by molar-refractivity contribution is 0.578. The zero-order valence-electron chi connectivity index (χ0n) is 11.3. The molecule has 1 aromatic rings. The summed E-state index contributed by atoms with van der Waals surface area (Å²) >= 11 is 7.66. The molecule has 1 aromatic heterocycles. The summed E-state index contributed by atoms with van der Waals surface area (Å²) in [6.45, 7) is 2.57. The average Bonchev–Trinajstić information content (AvgIpc) is 2.48. The van der Waals surface area contributed by atoms with E-state index in [1.54, 1.807) is 30.8 Å². The maximum atomic E-state index is 12.2. The largest absolute Gasteiger partial charge is 0.338 e. The van der Waals surface area contributed by atoms with Gasteiger partial charge in [0, 0.05) is 30.3 Å². The molecule has 0 saturated carbocycles. The molecule has 1 aliphatic heterocycles. The molecule has 1 fully saturated rings. The Labute approximate surface area is 128 Å². The van der Waals surface area contributed by atoms with Gasteiger partial charge in [0.15, 0.2) is 9.84 Å². The third-order valence-corrected chi connectivity index (χ3v) is 6.93. The molecule has 20 heavy (non-hydrogen) atoms. The highest BCUT2D eigenvalue weighted by molar-refractivity contribution is 8.01. The topological polar surface area (TPSA) is 76.3 Å². The number of halogens is 1. The fourth-order valence-corrected chi connectivity index (χ4v) is 5.27. The van der Waals surface area contributed by atoms with Crippen molar-refractivity contribution in [3.63, 3.8) is 0 Å². The lowest BCUT2D eigenvalue weighted by atomic mass is 10.3. The Morgan fingerprint density at radius 3 is 2.95 bits per heavy atom. The molecule has 0 aromatic carbocycles. The zero-order chi connectivity index (χ0) is 14.8. The van der Waals surface area contributed by atoms with Crippen molar-refractivity contribution in [2.75, 3.05) is 28.7 Å². The van der Waals surface area contributed by atoms with Gasteiger partial charge in [-0.25, -0.2) is 13.4 Å². The van der Waals surface area contributed by atoms with E-state index >= 15 is 0 Å². The van der Waals surface area contributed by atoms with E-state index in [0.29, 0.717) is 28.8 Å². The van der Waals surface area contributed by atoms with Crippen molar-refractivity contribution in [1.82, 2.24) is 4.98 Å². The number of aromatic nitrogens is 1. The van der Waals surface area contributed by atoms with Crippen LogP contribution in [-0.2, 0) is 16.4 Å². The molecule has 2 heterocycles. The van der Waals surface area contributed by atoms with E-state index in [-0.39, 0.29) is 12.3 Å². The number of anilines is 1. The third-order valence-electron chi connectivity index (χ3n) is 3.29. The molecule has 1 atom stereocenters. The molecule has 0 spiro atoms. The number of sulfone groups is 1. The van der Waals surface area contributed by atoms with Gasteiger partial charge in [0.2, 0.25) is 0 Å². The van der Waals surface area contributed by atoms with Crippen LogP contribution in [0.25, 0.3) is 0 Å². The predicted octanol–water partition coefficient (Wildman–Crippen LogP) is 1.51. The highest BCUT2D eigenvalue weighted by atomic mass is 35.5. The van der Waals surface area contributed by atoms with Gasteiger partial charge in [-0.15, -0.1) is 0 Å². The number of thioether (sulfide) groups is 1. The molecule has 0 amide bonds. The minimum atomic E-state index is -3.15. The Bertz CT molecular complexity index is 580. The van der Waals surface area contributed by atoms with Crippen molar-refractivity contribution < 1.29 is 8.42 Å². The maximum absolute atomic E-state index is 12.2. The zero-order valence-corrected chi connectivity index (χ0v) is 13.6. The van der Waals surface area contributed by atoms with Gasteiger partial charge in [0.25, 0.3) is 0 Å². The number of hydrogen-bond donors (Lipinski definition) is 1. The first-order valence-electron chi connectivity index (χ1n) is 6.41. The van der Waals surface area contributed by atoms with E-state index in [1.165, 1.54) is 0 Å². The van der Waals surface area contributed by atoms with Crippen molar-refractivity contribution in [3.05, 3.63) is 22.8 Å². The normalized spacial score (nSPS) is 20.1. The van der Waals surface area contributed by atoms with Gasteiger partial charge in [-0.05, 0) is 12.1 Å². The van der Waals surface area contributed by atoms with E-state index < -0.39 is 15.2 Å². The van der Waals surface area contributed by atoms with Gasteiger partial charge in [-0.1, -0.05) is 18.5 Å². The molecule has 0 bridgehead atoms. The molecule has 0 aliphatic carbocycles. The van der Waals surface area contributed by atoms with Crippen LogP contribution >= 0.6 is 23.4 Å². The van der Waals surface area contributed by atoms with Crippen LogP contribution in [0, 0.1) is 0 Å². The number of pyridine rings is 1. The second-order valence-electron chi connectivity index (χ2n) is 4.48. The molecule has 2 rings (SSSR count). The summed E-state index contributed by atoms with van der Waals surface area (Å²) in [4.78, 5) is 6.26. The number of nitrogens with zero attached hydrogens (tertiary/aromatic N) is 2. The number of hydrogen-bond acceptors (Lipinski definition) is 6. The van der Waals surface area contributed by atoms with Gasteiger partial charge in [-0.2, -0.15) is 11.8 Å². The summed E-state index contributed by atoms with van der Waals surface area (Å²) in [7, 11) is -3.15. The lowest BCUT2D eigenvalue weighted by Crippen LogP contribution is -2.48. The first kappa shape index (κ1) is 15.9. The molecular weight excluding hydrogens is 318 g/mol. The summed E-state index contributed by atoms with van der Waals surface area (Å²) in [5.74, 6) is 2.22. The van der Waals surface area contributed by atoms with Gasteiger partial charge >= 0.3 is 0 Å². The summed E-state index contributed by atoms with van der Waals surface area (Å²) in [5, 5.41) is -0.0110. The minimum Gasteiger partial charge on any atom is -0.338 e. The van der Waals surface area contributed by atoms with Gasteiger partial charge < -0.3 is 10.6 Å². The summed E-state index contributed by atoms with van der Waals surface area (Å²) < 4.78 is 24.5. The van der Waals surface area contributed by atoms with Crippen LogP contribution < -0.4 is 10.6 Å². The number of nitrogens with two attached hydrogens (primary N) is 1. The highest BCUT2D eigenvalue weighted by Gasteiger charge is 2.33. The van der Waals surface area contributed by atoms with Crippen LogP contribution in [0.3, 0.4) is 0 Å². The monoisotopic (exact) mass is 335 g/mol. The van der Waals surface area contributed by atoms with Crippen LogP contribution in [0.4, 0.5) is 5.82 Å². The van der Waals surface area contributed by atoms with E-state index in [0.717, 1.165) is 5.75 Å². The summed E-state index contributed by atoms with van der Waals surface area (Å²) in [6.07, 6.45) is 0. The molecule has 112 valence electrons. The van der Waals surface area contributed by atoms with Gasteiger partial charge in [0.1, 0.15) is 11.2 Å². The van der Waals surface area contributed by atoms with E-state index in [2.05, 4.69) is 4.98 Å². The van der Waals surface area contributed by atoms with Crippen LogP contribution in [0.2, 0.25) is 5.02 Å². The molecule has 5 nitrogen and oxygen atoms in total. The lowest BCUT2D eigenvalue weighted by Gasteiger charge is -2.35. The Morgan fingerprint density at radius 2 is 2.30 bits per heavy atom. The quantitative estimate of drug-likeness (QED) is 0.898. The minimum absolute atomic E-state index is 0.131. The van der Waals surface area contributed by atoms with Crippen molar-refractivity contribution in [1.29, 1.82) is 0 Å². The number of rotatable bonds is 4. The average molecular weight is 336 g/mol. The Kier molecular flexibility index (Phi) is 5.17. The van der Waals surface area contributed by atoms with Crippen molar-refractivity contribution >= 4 is 39.0 Å². The molecule has 0 radical (unpaired) electrons. The maximum Gasteiger partial charge on any atom is 0.171 e. The Morgan fingerprint density at radius 1 is 1.55 bits per heavy atom. The first-order chi connectivity index (χ1) is 9.49. The van der Waals surface area contributed by atoms with Crippen molar-refractivity contribution in [2.45, 2.75) is 18.8 Å². The smallest absolute Gasteiger partial charge is 0.171 e. The van der Waals surface area contributed by atoms with E-state index in [9.17, 15) is 8.42 Å². The molecular formula is C12H18ClN3O2S2. The Hall–Kier alpha value is -0.500. The van der Waals surface area contributed by atoms with Crippen molar-refractivity contribution in [3.8, 4) is 0 Å². The third kappa shape index (κ3) is 3.21. The second-order valence-corrected chi connectivity index (χ2v) is 8.48. The predicted molar refractivity (Wildman–Crippen MR) is 85.1 cm³/mol.